The number of anilines is 1. The molecule has 1 heterocycles. The average Bonchev–Trinajstić information content (AvgIpc) is 3.03. The Labute approximate surface area is 140 Å². The Kier molecular flexibility index (Phi) is 4.51. The van der Waals surface area contributed by atoms with Crippen LogP contribution in [0.2, 0.25) is 0 Å². The molecular weight excluding hydrogens is 306 g/mol. The molecular formula is C19H19NO4. The zero-order valence-electron chi connectivity index (χ0n) is 13.4. The Balaban J connectivity index is 2.05. The van der Waals surface area contributed by atoms with E-state index < -0.39 is 23.6 Å². The van der Waals surface area contributed by atoms with Gasteiger partial charge in [0.05, 0.1) is 13.5 Å². The smallest absolute Gasteiger partial charge is 0.352 e. The zero-order chi connectivity index (χ0) is 17.0. The molecule has 1 N–H and O–H groups in total. The van der Waals surface area contributed by atoms with Gasteiger partial charge in [0.1, 0.15) is 6.04 Å². The third kappa shape index (κ3) is 2.97. The highest BCUT2D eigenvalue weighted by Crippen LogP contribution is 2.41. The number of hydrogen-bond acceptors (Lipinski definition) is 5. The minimum Gasteiger partial charge on any atom is -0.466 e. The van der Waals surface area contributed by atoms with Gasteiger partial charge in [-0.25, -0.2) is 4.79 Å². The van der Waals surface area contributed by atoms with Crippen LogP contribution in [0.5, 0.6) is 0 Å². The van der Waals surface area contributed by atoms with E-state index in [1.165, 1.54) is 7.11 Å². The normalized spacial score (nSPS) is 21.0. The predicted octanol–water partition coefficient (Wildman–Crippen LogP) is 3.09. The molecule has 124 valence electrons. The molecule has 1 fully saturated rings. The third-order valence-corrected chi connectivity index (χ3v) is 4.21. The number of hydrogen-bond donors (Lipinski definition) is 1. The molecule has 0 bridgehead atoms. The SMILES string of the molecule is COC(=O)[C@@]1([C@@H](Nc2ccccc2)c2ccccc2)CCC(=O)O1. The highest BCUT2D eigenvalue weighted by molar-refractivity contribution is 5.88. The van der Waals surface area contributed by atoms with Crippen molar-refractivity contribution in [3.63, 3.8) is 0 Å². The van der Waals surface area contributed by atoms with Gasteiger partial charge >= 0.3 is 11.9 Å². The largest absolute Gasteiger partial charge is 0.466 e. The van der Waals surface area contributed by atoms with Crippen molar-refractivity contribution in [1.29, 1.82) is 0 Å². The van der Waals surface area contributed by atoms with Crippen molar-refractivity contribution < 1.29 is 19.1 Å². The van der Waals surface area contributed by atoms with E-state index in [2.05, 4.69) is 5.32 Å². The molecule has 2 atom stereocenters. The molecule has 0 spiro atoms. The Morgan fingerprint density at radius 2 is 1.75 bits per heavy atom. The lowest BCUT2D eigenvalue weighted by Gasteiger charge is -2.34. The van der Waals surface area contributed by atoms with E-state index in [0.717, 1.165) is 11.3 Å². The van der Waals surface area contributed by atoms with E-state index in [0.29, 0.717) is 0 Å². The van der Waals surface area contributed by atoms with E-state index in [4.69, 9.17) is 9.47 Å². The van der Waals surface area contributed by atoms with Crippen molar-refractivity contribution in [2.45, 2.75) is 24.5 Å². The van der Waals surface area contributed by atoms with Crippen LogP contribution in [0, 0.1) is 0 Å². The molecule has 5 nitrogen and oxygen atoms in total. The molecule has 1 aliphatic heterocycles. The molecule has 1 saturated heterocycles. The number of esters is 2. The fourth-order valence-corrected chi connectivity index (χ4v) is 3.05. The van der Waals surface area contributed by atoms with Crippen LogP contribution < -0.4 is 5.32 Å². The van der Waals surface area contributed by atoms with Crippen LogP contribution in [0.25, 0.3) is 0 Å². The maximum Gasteiger partial charge on any atom is 0.352 e. The first-order valence-corrected chi connectivity index (χ1v) is 7.82. The van der Waals surface area contributed by atoms with Gasteiger partial charge in [0.2, 0.25) is 5.60 Å². The zero-order valence-corrected chi connectivity index (χ0v) is 13.4. The Morgan fingerprint density at radius 3 is 2.29 bits per heavy atom. The molecule has 2 aromatic carbocycles. The van der Waals surface area contributed by atoms with Crippen LogP contribution in [0.1, 0.15) is 24.4 Å². The van der Waals surface area contributed by atoms with Gasteiger partial charge in [0, 0.05) is 12.1 Å². The summed E-state index contributed by atoms with van der Waals surface area (Å²) < 4.78 is 10.5. The molecule has 0 aromatic heterocycles. The fourth-order valence-electron chi connectivity index (χ4n) is 3.05. The minimum atomic E-state index is -1.37. The number of carbonyl (C=O) groups excluding carboxylic acids is 2. The van der Waals surface area contributed by atoms with Crippen LogP contribution in [0.15, 0.2) is 60.7 Å². The van der Waals surface area contributed by atoms with Crippen molar-refractivity contribution in [1.82, 2.24) is 0 Å². The molecule has 0 radical (unpaired) electrons. The van der Waals surface area contributed by atoms with Crippen molar-refractivity contribution >= 4 is 17.6 Å². The second-order valence-corrected chi connectivity index (χ2v) is 5.71. The lowest BCUT2D eigenvalue weighted by molar-refractivity contribution is -0.174. The van der Waals surface area contributed by atoms with E-state index >= 15 is 0 Å². The van der Waals surface area contributed by atoms with Crippen LogP contribution in [-0.4, -0.2) is 24.6 Å². The first-order chi connectivity index (χ1) is 11.7. The Hall–Kier alpha value is -2.82. The molecule has 2 aromatic rings. The number of methoxy groups -OCH3 is 1. The van der Waals surface area contributed by atoms with Gasteiger partial charge in [-0.1, -0.05) is 48.5 Å². The maximum absolute atomic E-state index is 12.5. The van der Waals surface area contributed by atoms with Crippen LogP contribution in [0.3, 0.4) is 0 Å². The van der Waals surface area contributed by atoms with Gasteiger partial charge in [0.15, 0.2) is 0 Å². The van der Waals surface area contributed by atoms with E-state index in [9.17, 15) is 9.59 Å². The van der Waals surface area contributed by atoms with Crippen LogP contribution >= 0.6 is 0 Å². The second-order valence-electron chi connectivity index (χ2n) is 5.71. The maximum atomic E-state index is 12.5. The summed E-state index contributed by atoms with van der Waals surface area (Å²) in [6.45, 7) is 0. The van der Waals surface area contributed by atoms with Gasteiger partial charge in [-0.2, -0.15) is 0 Å². The lowest BCUT2D eigenvalue weighted by Crippen LogP contribution is -2.48. The summed E-state index contributed by atoms with van der Waals surface area (Å²) in [7, 11) is 1.31. The van der Waals surface area contributed by atoms with Crippen molar-refractivity contribution in [3.05, 3.63) is 66.2 Å². The van der Waals surface area contributed by atoms with Gasteiger partial charge in [-0.15, -0.1) is 0 Å². The molecule has 0 unspecified atom stereocenters. The Morgan fingerprint density at radius 1 is 1.12 bits per heavy atom. The number of benzene rings is 2. The molecule has 0 aliphatic carbocycles. The van der Waals surface area contributed by atoms with Crippen LogP contribution in [0.4, 0.5) is 5.69 Å². The standard InChI is InChI=1S/C19H19NO4/c1-23-18(22)19(13-12-16(21)24-19)17(14-8-4-2-5-9-14)20-15-10-6-3-7-11-15/h2-11,17,20H,12-13H2,1H3/t17-,19-/m0/s1. The first-order valence-electron chi connectivity index (χ1n) is 7.82. The van der Waals surface area contributed by atoms with Gasteiger partial charge in [-0.05, 0) is 17.7 Å². The molecule has 0 amide bonds. The summed E-state index contributed by atoms with van der Waals surface area (Å²) in [6.07, 6.45) is 0.465. The van der Waals surface area contributed by atoms with Gasteiger partial charge < -0.3 is 14.8 Å². The molecule has 1 aliphatic rings. The average molecular weight is 325 g/mol. The van der Waals surface area contributed by atoms with Gasteiger partial charge in [0.25, 0.3) is 0 Å². The van der Waals surface area contributed by atoms with Crippen molar-refractivity contribution in [2.75, 3.05) is 12.4 Å². The third-order valence-electron chi connectivity index (χ3n) is 4.21. The van der Waals surface area contributed by atoms with E-state index in [1.807, 2.05) is 60.7 Å². The summed E-state index contributed by atoms with van der Waals surface area (Å²) >= 11 is 0. The molecule has 0 saturated carbocycles. The van der Waals surface area contributed by atoms with Crippen LogP contribution in [-0.2, 0) is 19.1 Å². The van der Waals surface area contributed by atoms with Crippen molar-refractivity contribution in [2.24, 2.45) is 0 Å². The Bertz CT molecular complexity index is 717. The second kappa shape index (κ2) is 6.74. The highest BCUT2D eigenvalue weighted by atomic mass is 16.6. The molecule has 3 rings (SSSR count). The number of para-hydroxylation sites is 1. The number of cyclic esters (lactones) is 1. The summed E-state index contributed by atoms with van der Waals surface area (Å²) in [4.78, 5) is 24.4. The monoisotopic (exact) mass is 325 g/mol. The first kappa shape index (κ1) is 16.1. The van der Waals surface area contributed by atoms with E-state index in [1.54, 1.807) is 0 Å². The summed E-state index contributed by atoms with van der Waals surface area (Å²) in [5.74, 6) is -0.943. The topological polar surface area (TPSA) is 64.6 Å². The quantitative estimate of drug-likeness (QED) is 0.856. The summed E-state index contributed by atoms with van der Waals surface area (Å²) in [5.41, 5.74) is 0.308. The van der Waals surface area contributed by atoms with Gasteiger partial charge in [-0.3, -0.25) is 4.79 Å². The number of ether oxygens (including phenoxy) is 2. The lowest BCUT2D eigenvalue weighted by atomic mass is 9.85. The predicted molar refractivity (Wildman–Crippen MR) is 89.3 cm³/mol. The fraction of sp³-hybridized carbons (Fsp3) is 0.263. The molecule has 24 heavy (non-hydrogen) atoms. The number of rotatable bonds is 5. The summed E-state index contributed by atoms with van der Waals surface area (Å²) in [6, 6.07) is 18.4. The molecule has 5 heteroatoms. The van der Waals surface area contributed by atoms with E-state index in [-0.39, 0.29) is 12.8 Å². The summed E-state index contributed by atoms with van der Waals surface area (Å²) in [5, 5.41) is 3.34. The highest BCUT2D eigenvalue weighted by Gasteiger charge is 2.55. The number of nitrogens with one attached hydrogen (secondary N) is 1. The van der Waals surface area contributed by atoms with Crippen molar-refractivity contribution in [3.8, 4) is 0 Å². The number of carbonyl (C=O) groups is 2. The minimum absolute atomic E-state index is 0.189.